The standard InChI is InChI=1S/C41H49ClN4O5S/c1-28-8-6-20-41(50-3,19-5-4-10-34-17-21-43-27-44-34)36-14-11-32(36)24-46-25-40(18-7-9-30-22-33(42)13-15-35(30)40)26-51-38-16-12-31(23-37(38)46)39(47)45-52(48,49)29(28)2/h12-13,15-17,21-23,27-29,32,36H,4,6-11,14,18,20,24-26H2,1-3H3,(H,45,47)/t28-,29+,32-,36+,40?,41-/m0/s1. The van der Waals surface area contributed by atoms with E-state index in [2.05, 4.69) is 43.6 Å². The van der Waals surface area contributed by atoms with Gasteiger partial charge in [-0.25, -0.2) is 23.1 Å². The average Bonchev–Trinajstić information content (AvgIpc) is 3.27. The van der Waals surface area contributed by atoms with Crippen molar-refractivity contribution < 1.29 is 22.7 Å². The molecule has 11 heteroatoms. The maximum atomic E-state index is 13.6. The van der Waals surface area contributed by atoms with Crippen LogP contribution < -0.4 is 14.4 Å². The van der Waals surface area contributed by atoms with E-state index in [1.165, 1.54) is 11.1 Å². The number of aromatic nitrogens is 2. The number of nitrogens with one attached hydrogen (secondary N) is 1. The maximum absolute atomic E-state index is 13.6. The molecular formula is C41H49ClN4O5S. The first-order valence-electron chi connectivity index (χ1n) is 18.7. The molecule has 6 atom stereocenters. The van der Waals surface area contributed by atoms with Crippen molar-refractivity contribution in [2.75, 3.05) is 31.7 Å². The van der Waals surface area contributed by atoms with Gasteiger partial charge >= 0.3 is 0 Å². The van der Waals surface area contributed by atoms with Crippen molar-refractivity contribution in [2.24, 2.45) is 17.8 Å². The smallest absolute Gasteiger partial charge is 0.264 e. The highest BCUT2D eigenvalue weighted by atomic mass is 35.5. The number of nitrogens with zero attached hydrogens (tertiary/aromatic N) is 3. The Hall–Kier alpha value is -3.65. The van der Waals surface area contributed by atoms with Crippen molar-refractivity contribution in [1.29, 1.82) is 0 Å². The lowest BCUT2D eigenvalue weighted by molar-refractivity contribution is -0.0743. The summed E-state index contributed by atoms with van der Waals surface area (Å²) in [6, 6.07) is 13.5. The summed E-state index contributed by atoms with van der Waals surface area (Å²) in [5, 5.41) is -0.0311. The van der Waals surface area contributed by atoms with Crippen LogP contribution in [0.15, 0.2) is 55.0 Å². The molecule has 9 nitrogen and oxygen atoms in total. The third-order valence-corrected chi connectivity index (χ3v) is 14.5. The zero-order chi connectivity index (χ0) is 36.5. The summed E-state index contributed by atoms with van der Waals surface area (Å²) in [6.07, 6.45) is 11.8. The number of sulfonamides is 1. The van der Waals surface area contributed by atoms with Crippen LogP contribution in [0.5, 0.6) is 5.75 Å². The normalized spacial score (nSPS) is 29.9. The Kier molecular flexibility index (Phi) is 10.6. The van der Waals surface area contributed by atoms with Crippen LogP contribution in [0.4, 0.5) is 5.69 Å². The minimum absolute atomic E-state index is 0.181. The Morgan fingerprint density at radius 1 is 1.10 bits per heavy atom. The number of halogens is 1. The molecule has 3 heterocycles. The van der Waals surface area contributed by atoms with Gasteiger partial charge in [0.15, 0.2) is 0 Å². The quantitative estimate of drug-likeness (QED) is 0.288. The molecule has 1 fully saturated rings. The first-order valence-corrected chi connectivity index (χ1v) is 20.6. The monoisotopic (exact) mass is 744 g/mol. The van der Waals surface area contributed by atoms with Gasteiger partial charge in [0, 0.05) is 66.9 Å². The van der Waals surface area contributed by atoms with Gasteiger partial charge in [0.05, 0.1) is 17.5 Å². The molecule has 1 unspecified atom stereocenters. The number of carbonyl (C=O) groups excluding carboxylic acids is 1. The van der Waals surface area contributed by atoms with Crippen molar-refractivity contribution >= 4 is 33.2 Å². The number of carbonyl (C=O) groups is 1. The van der Waals surface area contributed by atoms with Gasteiger partial charge in [0.2, 0.25) is 10.0 Å². The third-order valence-electron chi connectivity index (χ3n) is 12.3. The molecule has 52 heavy (non-hydrogen) atoms. The average molecular weight is 745 g/mol. The van der Waals surface area contributed by atoms with Gasteiger partial charge in [0.25, 0.3) is 5.91 Å². The van der Waals surface area contributed by atoms with Crippen molar-refractivity contribution in [1.82, 2.24) is 14.7 Å². The highest BCUT2D eigenvalue weighted by Crippen LogP contribution is 2.49. The second kappa shape index (κ2) is 15.0. The van der Waals surface area contributed by atoms with Crippen LogP contribution >= 0.6 is 11.6 Å². The fourth-order valence-electron chi connectivity index (χ4n) is 8.96. The van der Waals surface area contributed by atoms with E-state index < -0.39 is 26.8 Å². The molecule has 2 bridgehead atoms. The van der Waals surface area contributed by atoms with Crippen molar-refractivity contribution in [3.8, 4) is 17.6 Å². The predicted molar refractivity (Wildman–Crippen MR) is 203 cm³/mol. The van der Waals surface area contributed by atoms with Crippen LogP contribution in [0.1, 0.15) is 92.4 Å². The van der Waals surface area contributed by atoms with Gasteiger partial charge < -0.3 is 14.4 Å². The Morgan fingerprint density at radius 3 is 2.73 bits per heavy atom. The molecule has 1 saturated carbocycles. The number of rotatable bonds is 3. The van der Waals surface area contributed by atoms with Gasteiger partial charge in [-0.05, 0) is 118 Å². The van der Waals surface area contributed by atoms with Crippen LogP contribution in [-0.4, -0.2) is 62.0 Å². The Bertz CT molecular complexity index is 1970. The highest BCUT2D eigenvalue weighted by Gasteiger charge is 2.49. The maximum Gasteiger partial charge on any atom is 0.264 e. The second-order valence-electron chi connectivity index (χ2n) is 15.4. The second-order valence-corrected chi connectivity index (χ2v) is 17.9. The van der Waals surface area contributed by atoms with E-state index in [4.69, 9.17) is 21.1 Å². The minimum Gasteiger partial charge on any atom is -0.490 e. The molecule has 1 aromatic heterocycles. The molecule has 4 aliphatic rings. The van der Waals surface area contributed by atoms with E-state index in [0.717, 1.165) is 67.9 Å². The van der Waals surface area contributed by atoms with E-state index in [1.54, 1.807) is 32.6 Å². The van der Waals surface area contributed by atoms with Crippen LogP contribution in [0.3, 0.4) is 0 Å². The third kappa shape index (κ3) is 7.29. The van der Waals surface area contributed by atoms with E-state index in [0.29, 0.717) is 43.7 Å². The van der Waals surface area contributed by atoms with Crippen LogP contribution in [-0.2, 0) is 33.0 Å². The predicted octanol–water partition coefficient (Wildman–Crippen LogP) is 6.92. The minimum atomic E-state index is -3.95. The van der Waals surface area contributed by atoms with Crippen LogP contribution in [0, 0.1) is 29.6 Å². The summed E-state index contributed by atoms with van der Waals surface area (Å²) in [5.74, 6) is 7.47. The lowest BCUT2D eigenvalue weighted by Gasteiger charge is -2.50. The summed E-state index contributed by atoms with van der Waals surface area (Å²) >= 11 is 6.48. The number of methoxy groups -OCH3 is 1. The first kappa shape index (κ1) is 36.7. The van der Waals surface area contributed by atoms with Gasteiger partial charge in [-0.15, -0.1) is 0 Å². The lowest BCUT2D eigenvalue weighted by Crippen LogP contribution is -2.53. The van der Waals surface area contributed by atoms with E-state index in [1.807, 2.05) is 31.2 Å². The number of fused-ring (bicyclic) bond motifs is 4. The number of benzene rings is 2. The number of hydrogen-bond donors (Lipinski definition) is 1. The molecule has 3 aromatic rings. The molecule has 276 valence electrons. The zero-order valence-electron chi connectivity index (χ0n) is 30.4. The Morgan fingerprint density at radius 2 is 1.96 bits per heavy atom. The van der Waals surface area contributed by atoms with E-state index in [9.17, 15) is 13.2 Å². The lowest BCUT2D eigenvalue weighted by atomic mass is 9.62. The van der Waals surface area contributed by atoms with Crippen LogP contribution in [0.2, 0.25) is 5.02 Å². The molecule has 0 saturated heterocycles. The molecule has 2 aliphatic carbocycles. The fraction of sp³-hybridized carbons (Fsp3) is 0.537. The van der Waals surface area contributed by atoms with E-state index >= 15 is 0 Å². The zero-order valence-corrected chi connectivity index (χ0v) is 31.9. The molecule has 1 N–H and O–H groups in total. The largest absolute Gasteiger partial charge is 0.490 e. The Labute approximate surface area is 313 Å². The molecule has 2 aromatic carbocycles. The number of aryl methyl sites for hydroxylation is 2. The molecule has 1 spiro atoms. The summed E-state index contributed by atoms with van der Waals surface area (Å²) in [6.45, 7) is 5.55. The Balaban J connectivity index is 1.28. The molecule has 2 aliphatic heterocycles. The fourth-order valence-corrected chi connectivity index (χ4v) is 10.5. The topological polar surface area (TPSA) is 111 Å². The summed E-state index contributed by atoms with van der Waals surface area (Å²) in [5.41, 5.74) is 3.61. The highest BCUT2D eigenvalue weighted by molar-refractivity contribution is 7.90. The number of hydrogen-bond acceptors (Lipinski definition) is 8. The van der Waals surface area contributed by atoms with Gasteiger partial charge in [-0.1, -0.05) is 36.4 Å². The van der Waals surface area contributed by atoms with Crippen molar-refractivity contribution in [3.05, 3.63) is 82.4 Å². The van der Waals surface area contributed by atoms with E-state index in [-0.39, 0.29) is 23.2 Å². The van der Waals surface area contributed by atoms with Gasteiger partial charge in [-0.2, -0.15) is 0 Å². The summed E-state index contributed by atoms with van der Waals surface area (Å²) < 4.78 is 42.7. The number of amides is 1. The molecule has 1 amide bonds. The molecule has 0 radical (unpaired) electrons. The number of ether oxygens (including phenoxy) is 2. The first-order chi connectivity index (χ1) is 25.0. The number of anilines is 1. The van der Waals surface area contributed by atoms with Gasteiger partial charge in [-0.3, -0.25) is 4.79 Å². The summed E-state index contributed by atoms with van der Waals surface area (Å²) in [7, 11) is -2.17. The van der Waals surface area contributed by atoms with Gasteiger partial charge in [0.1, 0.15) is 17.7 Å². The SMILES string of the molecule is CO[C@@]1(C#CCCc2ccncn2)CCC[C@H](C)[C@@H](C)S(=O)(=O)NC(=O)c2ccc3c(c2)N(C[C@@H]2CC[C@H]21)CC1(CCCc2cc(Cl)ccc21)CO3. The van der Waals surface area contributed by atoms with Crippen LogP contribution in [0.25, 0.3) is 0 Å². The summed E-state index contributed by atoms with van der Waals surface area (Å²) in [4.78, 5) is 24.4. The van der Waals surface area contributed by atoms with Crippen molar-refractivity contribution in [3.63, 3.8) is 0 Å². The molecule has 7 rings (SSSR count). The molecular weight excluding hydrogens is 696 g/mol. The van der Waals surface area contributed by atoms with Crippen molar-refractivity contribution in [2.45, 2.75) is 94.3 Å².